The number of rotatable bonds is 3. The summed E-state index contributed by atoms with van der Waals surface area (Å²) < 4.78 is 18.4. The average Bonchev–Trinajstić information content (AvgIpc) is 2.82. The predicted molar refractivity (Wildman–Crippen MR) is 85.1 cm³/mol. The molecule has 1 N–H and O–H groups in total. The van der Waals surface area contributed by atoms with E-state index in [1.54, 1.807) is 19.1 Å². The van der Waals surface area contributed by atoms with Crippen LogP contribution in [0.5, 0.6) is 0 Å². The minimum absolute atomic E-state index is 0.158. The number of hydrogen-bond donors (Lipinski definition) is 1. The number of para-hydroxylation sites is 1. The van der Waals surface area contributed by atoms with Crippen molar-refractivity contribution in [3.63, 3.8) is 0 Å². The highest BCUT2D eigenvalue weighted by molar-refractivity contribution is 6.06. The van der Waals surface area contributed by atoms with Crippen LogP contribution in [0.4, 0.5) is 10.1 Å². The van der Waals surface area contributed by atoms with Gasteiger partial charge in [-0.1, -0.05) is 30.3 Å². The number of aliphatic imine (C=N–C) groups is 1. The lowest BCUT2D eigenvalue weighted by atomic mass is 9.92. The summed E-state index contributed by atoms with van der Waals surface area (Å²) >= 11 is 0. The maximum atomic E-state index is 13.1. The number of methoxy groups -OCH3 is 1. The Morgan fingerprint density at radius 2 is 1.78 bits per heavy atom. The molecule has 2 aromatic rings. The van der Waals surface area contributed by atoms with Gasteiger partial charge in [0.1, 0.15) is 5.82 Å². The quantitative estimate of drug-likeness (QED) is 0.948. The molecule has 0 fully saturated rings. The van der Waals surface area contributed by atoms with Crippen LogP contribution in [0.2, 0.25) is 0 Å². The molecular weight excluding hydrogens is 297 g/mol. The topological polar surface area (TPSA) is 53.9 Å². The van der Waals surface area contributed by atoms with Crippen LogP contribution < -0.4 is 5.43 Å². The van der Waals surface area contributed by atoms with Crippen LogP contribution in [-0.4, -0.2) is 24.0 Å². The number of nitrogens with one attached hydrogen (secondary N) is 1. The predicted octanol–water partition coefficient (Wildman–Crippen LogP) is 2.91. The van der Waals surface area contributed by atoms with Crippen LogP contribution in [0.15, 0.2) is 59.6 Å². The summed E-state index contributed by atoms with van der Waals surface area (Å²) in [7, 11) is 1.45. The largest absolute Gasteiger partial charge is 0.467 e. The fourth-order valence-electron chi connectivity index (χ4n) is 2.43. The first kappa shape index (κ1) is 15.0. The highest BCUT2D eigenvalue weighted by Gasteiger charge is 2.47. The Hall–Kier alpha value is -2.89. The molecule has 118 valence electrons. The van der Waals surface area contributed by atoms with Crippen molar-refractivity contribution in [2.24, 2.45) is 4.99 Å². The zero-order valence-electron chi connectivity index (χ0n) is 12.8. The van der Waals surface area contributed by atoms with Crippen LogP contribution in [0.3, 0.4) is 0 Å². The van der Waals surface area contributed by atoms with E-state index in [4.69, 9.17) is 4.74 Å². The second kappa shape index (κ2) is 5.72. The van der Waals surface area contributed by atoms with Crippen molar-refractivity contribution in [1.29, 1.82) is 0 Å². The van der Waals surface area contributed by atoms with Crippen molar-refractivity contribution < 1.29 is 13.9 Å². The molecule has 1 aliphatic heterocycles. The number of ether oxygens (including phenoxy) is 1. The number of nitrogens with zero attached hydrogens (tertiary/aromatic N) is 2. The molecule has 23 heavy (non-hydrogen) atoms. The summed E-state index contributed by atoms with van der Waals surface area (Å²) in [5, 5.41) is 1.26. The van der Waals surface area contributed by atoms with Crippen LogP contribution in [0.1, 0.15) is 12.5 Å². The highest BCUT2D eigenvalue weighted by Crippen LogP contribution is 2.33. The van der Waals surface area contributed by atoms with E-state index in [1.807, 2.05) is 30.3 Å². The first-order valence-electron chi connectivity index (χ1n) is 7.11. The van der Waals surface area contributed by atoms with Gasteiger partial charge >= 0.3 is 6.02 Å². The average molecular weight is 313 g/mol. The van der Waals surface area contributed by atoms with E-state index in [0.717, 1.165) is 5.69 Å². The molecule has 3 rings (SSSR count). The van der Waals surface area contributed by atoms with Gasteiger partial charge < -0.3 is 4.74 Å². The minimum Gasteiger partial charge on any atom is -0.467 e. The van der Waals surface area contributed by atoms with Gasteiger partial charge in [-0.05, 0) is 36.8 Å². The zero-order valence-corrected chi connectivity index (χ0v) is 12.8. The SMILES string of the molecule is COC1=NC(C)(c2ccc(F)cc2)C(=O)N1Nc1ccccc1. The van der Waals surface area contributed by atoms with Gasteiger partial charge in [0.2, 0.25) is 0 Å². The summed E-state index contributed by atoms with van der Waals surface area (Å²) in [6.45, 7) is 1.67. The van der Waals surface area contributed by atoms with E-state index < -0.39 is 5.54 Å². The van der Waals surface area contributed by atoms with Gasteiger partial charge in [-0.25, -0.2) is 9.38 Å². The van der Waals surface area contributed by atoms with Gasteiger partial charge in [0.05, 0.1) is 12.8 Å². The number of carbonyl (C=O) groups excluding carboxylic acids is 1. The standard InChI is InChI=1S/C17H16FN3O2/c1-17(12-8-10-13(18)11-9-12)15(22)21(16(19-17)23-2)20-14-6-4-3-5-7-14/h3-11,20H,1-2H3. The van der Waals surface area contributed by atoms with Crippen molar-refractivity contribution in [3.8, 4) is 0 Å². The molecule has 0 saturated carbocycles. The number of amidine groups is 1. The van der Waals surface area contributed by atoms with E-state index in [1.165, 1.54) is 24.3 Å². The third-order valence-corrected chi connectivity index (χ3v) is 3.73. The summed E-state index contributed by atoms with van der Waals surface area (Å²) in [5.74, 6) is -0.664. The van der Waals surface area contributed by atoms with E-state index in [9.17, 15) is 9.18 Å². The van der Waals surface area contributed by atoms with Crippen LogP contribution in [0.25, 0.3) is 0 Å². The van der Waals surface area contributed by atoms with Crippen molar-refractivity contribution in [2.75, 3.05) is 12.5 Å². The third-order valence-electron chi connectivity index (χ3n) is 3.73. The van der Waals surface area contributed by atoms with Crippen LogP contribution in [-0.2, 0) is 15.1 Å². The molecule has 0 aromatic heterocycles. The first-order valence-corrected chi connectivity index (χ1v) is 7.11. The summed E-state index contributed by atoms with van der Waals surface area (Å²) in [5.41, 5.74) is 3.14. The van der Waals surface area contributed by atoms with E-state index in [-0.39, 0.29) is 17.7 Å². The molecule has 0 saturated heterocycles. The molecule has 0 radical (unpaired) electrons. The Labute approximate surface area is 133 Å². The Kier molecular flexibility index (Phi) is 3.73. The van der Waals surface area contributed by atoms with Gasteiger partial charge in [-0.2, -0.15) is 5.01 Å². The van der Waals surface area contributed by atoms with Crippen molar-refractivity contribution in [3.05, 3.63) is 66.0 Å². The first-order chi connectivity index (χ1) is 11.0. The molecule has 1 unspecified atom stereocenters. The molecule has 6 heteroatoms. The fraction of sp³-hybridized carbons (Fsp3) is 0.176. The molecule has 1 heterocycles. The van der Waals surface area contributed by atoms with Crippen LogP contribution in [0, 0.1) is 5.82 Å². The van der Waals surface area contributed by atoms with Crippen LogP contribution >= 0.6 is 0 Å². The molecule has 0 aliphatic carbocycles. The maximum absolute atomic E-state index is 13.1. The smallest absolute Gasteiger partial charge is 0.315 e. The lowest BCUT2D eigenvalue weighted by molar-refractivity contribution is -0.130. The summed E-state index contributed by atoms with van der Waals surface area (Å²) in [4.78, 5) is 17.2. The van der Waals surface area contributed by atoms with E-state index >= 15 is 0 Å². The Morgan fingerprint density at radius 3 is 2.39 bits per heavy atom. The van der Waals surface area contributed by atoms with Gasteiger partial charge in [0, 0.05) is 0 Å². The Bertz CT molecular complexity index is 746. The summed E-state index contributed by atoms with van der Waals surface area (Å²) in [6, 6.07) is 15.1. The number of hydrazine groups is 1. The van der Waals surface area contributed by atoms with E-state index in [2.05, 4.69) is 10.4 Å². The number of amides is 1. The number of benzene rings is 2. The van der Waals surface area contributed by atoms with Gasteiger partial charge in [0.25, 0.3) is 5.91 Å². The summed E-state index contributed by atoms with van der Waals surface area (Å²) in [6.07, 6.45) is 0. The third kappa shape index (κ3) is 2.63. The lowest BCUT2D eigenvalue weighted by Gasteiger charge is -2.23. The molecule has 1 atom stereocenters. The molecule has 0 spiro atoms. The molecule has 0 bridgehead atoms. The lowest BCUT2D eigenvalue weighted by Crippen LogP contribution is -2.43. The Balaban J connectivity index is 1.94. The second-order valence-corrected chi connectivity index (χ2v) is 5.30. The van der Waals surface area contributed by atoms with Crippen molar-refractivity contribution in [1.82, 2.24) is 5.01 Å². The monoisotopic (exact) mass is 313 g/mol. The van der Waals surface area contributed by atoms with Crippen molar-refractivity contribution >= 4 is 17.6 Å². The number of anilines is 1. The van der Waals surface area contributed by atoms with Gasteiger partial charge in [0.15, 0.2) is 5.54 Å². The number of halogens is 1. The minimum atomic E-state index is -1.17. The molecule has 1 aliphatic rings. The normalized spacial score (nSPS) is 20.4. The molecule has 5 nitrogen and oxygen atoms in total. The zero-order chi connectivity index (χ0) is 16.4. The highest BCUT2D eigenvalue weighted by atomic mass is 19.1. The fourth-order valence-corrected chi connectivity index (χ4v) is 2.43. The maximum Gasteiger partial charge on any atom is 0.315 e. The van der Waals surface area contributed by atoms with Gasteiger partial charge in [-0.15, -0.1) is 0 Å². The molecular formula is C17H16FN3O2. The van der Waals surface area contributed by atoms with E-state index in [0.29, 0.717) is 5.56 Å². The Morgan fingerprint density at radius 1 is 1.13 bits per heavy atom. The molecule has 1 amide bonds. The van der Waals surface area contributed by atoms with Gasteiger partial charge in [-0.3, -0.25) is 10.2 Å². The molecule has 2 aromatic carbocycles. The van der Waals surface area contributed by atoms with Crippen molar-refractivity contribution in [2.45, 2.75) is 12.5 Å². The number of carbonyl (C=O) groups is 1. The second-order valence-electron chi connectivity index (χ2n) is 5.30. The number of hydrogen-bond acceptors (Lipinski definition) is 4.